The van der Waals surface area contributed by atoms with E-state index in [1.807, 2.05) is 0 Å². The zero-order valence-electron chi connectivity index (χ0n) is 11.1. The van der Waals surface area contributed by atoms with Crippen LogP contribution in [0.15, 0.2) is 18.2 Å². The van der Waals surface area contributed by atoms with Crippen molar-refractivity contribution in [3.8, 4) is 5.75 Å². The van der Waals surface area contributed by atoms with Crippen LogP contribution in [0.25, 0.3) is 0 Å². The third-order valence-electron chi connectivity index (χ3n) is 2.75. The van der Waals surface area contributed by atoms with Gasteiger partial charge in [-0.25, -0.2) is 0 Å². The topological polar surface area (TPSA) is 38.3 Å². The Labute approximate surface area is 113 Å². The van der Waals surface area contributed by atoms with E-state index >= 15 is 0 Å². The Morgan fingerprint density at radius 1 is 1.50 bits per heavy atom. The number of methoxy groups -OCH3 is 1. The molecule has 0 aliphatic rings. The Kier molecular flexibility index (Phi) is 5.99. The second-order valence-electron chi connectivity index (χ2n) is 4.49. The first-order valence-corrected chi connectivity index (χ1v) is 6.58. The van der Waals surface area contributed by atoms with Gasteiger partial charge in [0.2, 0.25) is 5.91 Å². The minimum Gasteiger partial charge on any atom is -0.495 e. The predicted molar refractivity (Wildman–Crippen MR) is 75.3 cm³/mol. The van der Waals surface area contributed by atoms with E-state index in [4.69, 9.17) is 16.3 Å². The number of hydrogen-bond donors (Lipinski definition) is 1. The molecule has 0 bridgehead atoms. The first-order valence-electron chi connectivity index (χ1n) is 6.20. The standard InChI is InChI=1S/C14H20ClNO2/c1-4-5-10(2)8-14(17)16-12-9-11(15)6-7-13(12)18-3/h6-7,9-10H,4-5,8H2,1-3H3,(H,16,17). The number of carbonyl (C=O) groups excluding carboxylic acids is 1. The van der Waals surface area contributed by atoms with E-state index in [2.05, 4.69) is 19.2 Å². The van der Waals surface area contributed by atoms with Crippen LogP contribution in [0.2, 0.25) is 5.02 Å². The van der Waals surface area contributed by atoms with Crippen LogP contribution in [0.5, 0.6) is 5.75 Å². The highest BCUT2D eigenvalue weighted by atomic mass is 35.5. The van der Waals surface area contributed by atoms with Gasteiger partial charge >= 0.3 is 0 Å². The van der Waals surface area contributed by atoms with E-state index in [9.17, 15) is 4.79 Å². The van der Waals surface area contributed by atoms with Crippen molar-refractivity contribution in [3.63, 3.8) is 0 Å². The van der Waals surface area contributed by atoms with Crippen molar-refractivity contribution in [2.45, 2.75) is 33.1 Å². The molecule has 1 rings (SSSR count). The lowest BCUT2D eigenvalue weighted by Gasteiger charge is -2.13. The van der Waals surface area contributed by atoms with Gasteiger partial charge in [-0.2, -0.15) is 0 Å². The maximum atomic E-state index is 11.9. The zero-order valence-corrected chi connectivity index (χ0v) is 11.9. The highest BCUT2D eigenvalue weighted by Crippen LogP contribution is 2.28. The monoisotopic (exact) mass is 269 g/mol. The molecule has 1 aromatic rings. The summed E-state index contributed by atoms with van der Waals surface area (Å²) in [6.07, 6.45) is 2.67. The van der Waals surface area contributed by atoms with Crippen LogP contribution in [0.4, 0.5) is 5.69 Å². The van der Waals surface area contributed by atoms with E-state index in [1.165, 1.54) is 0 Å². The van der Waals surface area contributed by atoms with Crippen LogP contribution >= 0.6 is 11.6 Å². The molecule has 1 N–H and O–H groups in total. The molecule has 0 aliphatic carbocycles. The maximum absolute atomic E-state index is 11.9. The summed E-state index contributed by atoms with van der Waals surface area (Å²) in [5.41, 5.74) is 0.624. The van der Waals surface area contributed by atoms with Gasteiger partial charge in [0.25, 0.3) is 0 Å². The van der Waals surface area contributed by atoms with Crippen LogP contribution in [-0.2, 0) is 4.79 Å². The van der Waals surface area contributed by atoms with Crippen molar-refractivity contribution < 1.29 is 9.53 Å². The number of anilines is 1. The van der Waals surface area contributed by atoms with Crippen molar-refractivity contribution in [1.82, 2.24) is 0 Å². The number of amides is 1. The van der Waals surface area contributed by atoms with Gasteiger partial charge < -0.3 is 10.1 Å². The highest BCUT2D eigenvalue weighted by Gasteiger charge is 2.11. The smallest absolute Gasteiger partial charge is 0.224 e. The molecule has 0 radical (unpaired) electrons. The fourth-order valence-corrected chi connectivity index (χ4v) is 2.06. The molecule has 100 valence electrons. The fraction of sp³-hybridized carbons (Fsp3) is 0.500. The third kappa shape index (κ3) is 4.57. The largest absolute Gasteiger partial charge is 0.495 e. The SMILES string of the molecule is CCCC(C)CC(=O)Nc1cc(Cl)ccc1OC. The molecule has 0 spiro atoms. The molecule has 18 heavy (non-hydrogen) atoms. The van der Waals surface area contributed by atoms with E-state index in [1.54, 1.807) is 25.3 Å². The molecule has 0 heterocycles. The van der Waals surface area contributed by atoms with Gasteiger partial charge in [-0.3, -0.25) is 4.79 Å². The highest BCUT2D eigenvalue weighted by molar-refractivity contribution is 6.31. The average Bonchev–Trinajstić information content (AvgIpc) is 2.29. The minimum absolute atomic E-state index is 0.00323. The molecule has 4 heteroatoms. The number of rotatable bonds is 6. The van der Waals surface area contributed by atoms with Gasteiger partial charge in [0.1, 0.15) is 5.75 Å². The molecule has 1 unspecified atom stereocenters. The van der Waals surface area contributed by atoms with Gasteiger partial charge in [-0.15, -0.1) is 0 Å². The lowest BCUT2D eigenvalue weighted by molar-refractivity contribution is -0.117. The molecule has 0 aliphatic heterocycles. The summed E-state index contributed by atoms with van der Waals surface area (Å²) < 4.78 is 5.18. The van der Waals surface area contributed by atoms with Crippen molar-refractivity contribution >= 4 is 23.2 Å². The number of ether oxygens (including phenoxy) is 1. The minimum atomic E-state index is -0.00323. The van der Waals surface area contributed by atoms with Crippen molar-refractivity contribution in [2.75, 3.05) is 12.4 Å². The predicted octanol–water partition coefficient (Wildman–Crippen LogP) is 4.11. The Bertz CT molecular complexity index is 407. The van der Waals surface area contributed by atoms with Crippen molar-refractivity contribution in [1.29, 1.82) is 0 Å². The molecule has 0 aromatic heterocycles. The van der Waals surface area contributed by atoms with E-state index in [0.29, 0.717) is 28.8 Å². The van der Waals surface area contributed by atoms with Crippen LogP contribution in [-0.4, -0.2) is 13.0 Å². The van der Waals surface area contributed by atoms with Crippen LogP contribution in [0, 0.1) is 5.92 Å². The number of carbonyl (C=O) groups is 1. The molecule has 3 nitrogen and oxygen atoms in total. The fourth-order valence-electron chi connectivity index (χ4n) is 1.89. The lowest BCUT2D eigenvalue weighted by Crippen LogP contribution is -2.15. The summed E-state index contributed by atoms with van der Waals surface area (Å²) in [6.45, 7) is 4.20. The molecule has 1 amide bonds. The van der Waals surface area contributed by atoms with Crippen LogP contribution in [0.3, 0.4) is 0 Å². The number of nitrogens with one attached hydrogen (secondary N) is 1. The summed E-state index contributed by atoms with van der Waals surface area (Å²) in [7, 11) is 1.57. The van der Waals surface area contributed by atoms with Gasteiger partial charge in [0, 0.05) is 11.4 Å². The third-order valence-corrected chi connectivity index (χ3v) is 2.99. The first kappa shape index (κ1) is 14.8. The average molecular weight is 270 g/mol. The molecule has 0 fully saturated rings. The molecule has 1 aromatic carbocycles. The summed E-state index contributed by atoms with van der Waals surface area (Å²) in [6, 6.07) is 5.17. The Morgan fingerprint density at radius 2 is 2.22 bits per heavy atom. The summed E-state index contributed by atoms with van der Waals surface area (Å²) >= 11 is 5.91. The van der Waals surface area contributed by atoms with E-state index < -0.39 is 0 Å². The molecule has 1 atom stereocenters. The Hall–Kier alpha value is -1.22. The zero-order chi connectivity index (χ0) is 13.5. The van der Waals surface area contributed by atoms with E-state index in [-0.39, 0.29) is 5.91 Å². The second kappa shape index (κ2) is 7.27. The van der Waals surface area contributed by atoms with E-state index in [0.717, 1.165) is 12.8 Å². The molecule has 0 saturated carbocycles. The second-order valence-corrected chi connectivity index (χ2v) is 4.93. The lowest BCUT2D eigenvalue weighted by atomic mass is 10.0. The number of benzene rings is 1. The van der Waals surface area contributed by atoms with Gasteiger partial charge in [0.05, 0.1) is 12.8 Å². The summed E-state index contributed by atoms with van der Waals surface area (Å²) in [5, 5.41) is 3.42. The maximum Gasteiger partial charge on any atom is 0.224 e. The molecular formula is C14H20ClNO2. The summed E-state index contributed by atoms with van der Waals surface area (Å²) in [5.74, 6) is 1.01. The first-order chi connectivity index (χ1) is 8.56. The number of hydrogen-bond acceptors (Lipinski definition) is 2. The Balaban J connectivity index is 2.66. The van der Waals surface area contributed by atoms with Gasteiger partial charge in [0.15, 0.2) is 0 Å². The van der Waals surface area contributed by atoms with Gasteiger partial charge in [-0.05, 0) is 24.1 Å². The molecule has 0 saturated heterocycles. The molecular weight excluding hydrogens is 250 g/mol. The quantitative estimate of drug-likeness (QED) is 0.844. The van der Waals surface area contributed by atoms with Crippen LogP contribution < -0.4 is 10.1 Å². The van der Waals surface area contributed by atoms with Crippen LogP contribution in [0.1, 0.15) is 33.1 Å². The van der Waals surface area contributed by atoms with Gasteiger partial charge in [-0.1, -0.05) is 38.3 Å². The Morgan fingerprint density at radius 3 is 2.83 bits per heavy atom. The normalized spacial score (nSPS) is 12.0. The summed E-state index contributed by atoms with van der Waals surface area (Å²) in [4.78, 5) is 11.9. The number of halogens is 1. The van der Waals surface area contributed by atoms with Crippen molar-refractivity contribution in [3.05, 3.63) is 23.2 Å². The van der Waals surface area contributed by atoms with Crippen molar-refractivity contribution in [2.24, 2.45) is 5.92 Å².